The van der Waals surface area contributed by atoms with E-state index >= 15 is 0 Å². The van der Waals surface area contributed by atoms with Crippen molar-refractivity contribution in [2.45, 2.75) is 25.1 Å². The minimum Gasteiger partial charge on any atom is -0.337 e. The Hall–Kier alpha value is -4.78. The van der Waals surface area contributed by atoms with Crippen molar-refractivity contribution in [3.63, 3.8) is 0 Å². The molecule has 2 aromatic heterocycles. The number of aromatic nitrogens is 4. The second-order valence-electron chi connectivity index (χ2n) is 9.91. The van der Waals surface area contributed by atoms with Crippen LogP contribution in [0.5, 0.6) is 0 Å². The number of carbonyl (C=O) groups excluding carboxylic acids is 1. The largest absolute Gasteiger partial charge is 0.416 e. The lowest BCUT2D eigenvalue weighted by molar-refractivity contribution is -0.137. The van der Waals surface area contributed by atoms with Crippen LogP contribution >= 0.6 is 0 Å². The molecule has 1 amide bonds. The standard InChI is InChI=1S/C29H28F4N8O/c1-3-26(42)36-20-8-9-24(30)25(14-20)38-27-23(18-4-6-19(7-5-18)29(31,32)33)16-34-28(39-27)37-21-15-35-41(17-21)22-10-12-40(2)13-11-22/h3-9,14-17,22H,1,10-13H2,2H3,(H,36,42)(H2,34,37,38,39). The summed E-state index contributed by atoms with van der Waals surface area (Å²) in [5.74, 6) is -0.835. The summed E-state index contributed by atoms with van der Waals surface area (Å²) in [6, 6.07) is 8.68. The van der Waals surface area contributed by atoms with Gasteiger partial charge in [0.1, 0.15) is 11.6 Å². The van der Waals surface area contributed by atoms with Crippen molar-refractivity contribution < 1.29 is 22.4 Å². The number of carbonyl (C=O) groups is 1. The number of amides is 1. The number of halogens is 4. The minimum absolute atomic E-state index is 0.0234. The first-order chi connectivity index (χ1) is 20.1. The molecular formula is C29H28F4N8O. The maximum atomic E-state index is 14.9. The minimum atomic E-state index is -4.50. The predicted octanol–water partition coefficient (Wildman–Crippen LogP) is 6.38. The van der Waals surface area contributed by atoms with Crippen LogP contribution in [0.3, 0.4) is 0 Å². The highest BCUT2D eigenvalue weighted by Gasteiger charge is 2.30. The summed E-state index contributed by atoms with van der Waals surface area (Å²) < 4.78 is 56.2. The third-order valence-corrected chi connectivity index (χ3v) is 6.90. The maximum Gasteiger partial charge on any atom is 0.416 e. The average molecular weight is 581 g/mol. The number of nitrogens with one attached hydrogen (secondary N) is 3. The van der Waals surface area contributed by atoms with E-state index in [2.05, 4.69) is 49.5 Å². The first-order valence-electron chi connectivity index (χ1n) is 13.1. The van der Waals surface area contributed by atoms with Gasteiger partial charge >= 0.3 is 6.18 Å². The highest BCUT2D eigenvalue weighted by atomic mass is 19.4. The summed E-state index contributed by atoms with van der Waals surface area (Å²) in [5, 5.41) is 13.0. The van der Waals surface area contributed by atoms with Crippen LogP contribution in [-0.4, -0.2) is 50.7 Å². The van der Waals surface area contributed by atoms with E-state index in [-0.39, 0.29) is 23.5 Å². The molecule has 5 rings (SSSR count). The molecule has 0 bridgehead atoms. The Morgan fingerprint density at radius 3 is 2.48 bits per heavy atom. The molecule has 13 heteroatoms. The number of benzene rings is 2. The van der Waals surface area contributed by atoms with Crippen LogP contribution in [0.4, 0.5) is 46.4 Å². The molecule has 1 aliphatic heterocycles. The van der Waals surface area contributed by atoms with Crippen molar-refractivity contribution >= 4 is 34.7 Å². The number of hydrogen-bond acceptors (Lipinski definition) is 7. The van der Waals surface area contributed by atoms with Gasteiger partial charge < -0.3 is 20.9 Å². The van der Waals surface area contributed by atoms with Crippen molar-refractivity contribution in [1.29, 1.82) is 0 Å². The lowest BCUT2D eigenvalue weighted by atomic mass is 10.1. The predicted molar refractivity (Wildman–Crippen MR) is 152 cm³/mol. The van der Waals surface area contributed by atoms with Crippen molar-refractivity contribution in [1.82, 2.24) is 24.6 Å². The van der Waals surface area contributed by atoms with Gasteiger partial charge in [-0.15, -0.1) is 0 Å². The van der Waals surface area contributed by atoms with E-state index in [1.165, 1.54) is 30.5 Å². The van der Waals surface area contributed by atoms with Crippen LogP contribution in [-0.2, 0) is 11.0 Å². The fraction of sp³-hybridized carbons (Fsp3) is 0.241. The summed E-state index contributed by atoms with van der Waals surface area (Å²) in [6.07, 6.45) is 3.48. The van der Waals surface area contributed by atoms with Crippen LogP contribution in [0, 0.1) is 5.82 Å². The van der Waals surface area contributed by atoms with Crippen molar-refractivity contribution in [3.05, 3.63) is 85.1 Å². The van der Waals surface area contributed by atoms with Gasteiger partial charge in [0.2, 0.25) is 11.9 Å². The monoisotopic (exact) mass is 580 g/mol. The molecule has 1 aliphatic rings. The van der Waals surface area contributed by atoms with Crippen LogP contribution in [0.15, 0.2) is 73.7 Å². The first-order valence-corrected chi connectivity index (χ1v) is 13.1. The van der Waals surface area contributed by atoms with Gasteiger partial charge in [0.25, 0.3) is 0 Å². The summed E-state index contributed by atoms with van der Waals surface area (Å²) in [4.78, 5) is 22.9. The van der Waals surface area contributed by atoms with Gasteiger partial charge in [0, 0.05) is 23.6 Å². The Balaban J connectivity index is 1.46. The molecule has 0 saturated carbocycles. The van der Waals surface area contributed by atoms with Gasteiger partial charge in [-0.1, -0.05) is 18.7 Å². The number of rotatable bonds is 8. The Bertz CT molecular complexity index is 1580. The van der Waals surface area contributed by atoms with Crippen LogP contribution in [0.2, 0.25) is 0 Å². The zero-order valence-electron chi connectivity index (χ0n) is 22.6. The lowest BCUT2D eigenvalue weighted by Crippen LogP contribution is -2.31. The molecule has 0 spiro atoms. The van der Waals surface area contributed by atoms with Gasteiger partial charge in [-0.3, -0.25) is 9.48 Å². The van der Waals surface area contributed by atoms with E-state index in [1.54, 1.807) is 6.20 Å². The van der Waals surface area contributed by atoms with E-state index in [4.69, 9.17) is 0 Å². The van der Waals surface area contributed by atoms with Crippen LogP contribution < -0.4 is 16.0 Å². The highest BCUT2D eigenvalue weighted by Crippen LogP contribution is 2.35. The van der Waals surface area contributed by atoms with Crippen molar-refractivity contribution in [2.75, 3.05) is 36.1 Å². The molecule has 3 N–H and O–H groups in total. The topological polar surface area (TPSA) is 100 Å². The van der Waals surface area contributed by atoms with Crippen LogP contribution in [0.25, 0.3) is 11.1 Å². The quantitative estimate of drug-likeness (QED) is 0.164. The molecule has 0 aliphatic carbocycles. The number of anilines is 5. The van der Waals surface area contributed by atoms with Crippen molar-refractivity contribution in [2.24, 2.45) is 0 Å². The van der Waals surface area contributed by atoms with E-state index < -0.39 is 23.5 Å². The summed E-state index contributed by atoms with van der Waals surface area (Å²) in [7, 11) is 2.09. The third-order valence-electron chi connectivity index (χ3n) is 6.90. The number of alkyl halides is 3. The number of nitrogens with zero attached hydrogens (tertiary/aromatic N) is 5. The number of hydrogen-bond donors (Lipinski definition) is 3. The van der Waals surface area contributed by atoms with Gasteiger partial charge in [-0.25, -0.2) is 9.37 Å². The van der Waals surface area contributed by atoms with Gasteiger partial charge in [-0.05, 0) is 75.0 Å². The Labute approximate surface area is 239 Å². The van der Waals surface area contributed by atoms with Gasteiger partial charge in [0.05, 0.1) is 29.2 Å². The summed E-state index contributed by atoms with van der Waals surface area (Å²) in [6.45, 7) is 5.36. The smallest absolute Gasteiger partial charge is 0.337 e. The Kier molecular flexibility index (Phi) is 8.20. The molecule has 1 fully saturated rings. The Morgan fingerprint density at radius 1 is 1.05 bits per heavy atom. The lowest BCUT2D eigenvalue weighted by Gasteiger charge is -2.28. The number of likely N-dealkylation sites (tertiary alicyclic amines) is 1. The molecule has 1 saturated heterocycles. The molecule has 0 unspecified atom stereocenters. The zero-order chi connectivity index (χ0) is 29.9. The first kappa shape index (κ1) is 28.7. The molecule has 9 nitrogen and oxygen atoms in total. The van der Waals surface area contributed by atoms with Gasteiger partial charge in [-0.2, -0.15) is 23.3 Å². The fourth-order valence-corrected chi connectivity index (χ4v) is 4.60. The number of piperidine rings is 1. The molecular weight excluding hydrogens is 552 g/mol. The zero-order valence-corrected chi connectivity index (χ0v) is 22.6. The second-order valence-corrected chi connectivity index (χ2v) is 9.91. The molecule has 0 atom stereocenters. The Morgan fingerprint density at radius 2 is 1.79 bits per heavy atom. The van der Waals surface area contributed by atoms with Crippen LogP contribution in [0.1, 0.15) is 24.4 Å². The average Bonchev–Trinajstić information content (AvgIpc) is 3.43. The van der Waals surface area contributed by atoms with Gasteiger partial charge in [0.15, 0.2) is 0 Å². The molecule has 2 aromatic carbocycles. The third kappa shape index (κ3) is 6.74. The molecule has 0 radical (unpaired) electrons. The molecule has 42 heavy (non-hydrogen) atoms. The molecule has 3 heterocycles. The summed E-state index contributed by atoms with van der Waals surface area (Å²) >= 11 is 0. The maximum absolute atomic E-state index is 14.9. The van der Waals surface area contributed by atoms with E-state index in [0.29, 0.717) is 22.5 Å². The van der Waals surface area contributed by atoms with Crippen molar-refractivity contribution in [3.8, 4) is 11.1 Å². The normalized spacial score (nSPS) is 14.4. The van der Waals surface area contributed by atoms with E-state index in [0.717, 1.165) is 50.2 Å². The second kappa shape index (κ2) is 12.0. The highest BCUT2D eigenvalue weighted by molar-refractivity contribution is 5.99. The SMILES string of the molecule is C=CC(=O)Nc1ccc(F)c(Nc2nc(Nc3cnn(C4CCN(C)CC4)c3)ncc2-c2ccc(C(F)(F)F)cc2)c1. The molecule has 4 aromatic rings. The fourth-order valence-electron chi connectivity index (χ4n) is 4.60. The van der Waals surface area contributed by atoms with E-state index in [1.807, 2.05) is 10.9 Å². The molecule has 218 valence electrons. The summed E-state index contributed by atoms with van der Waals surface area (Å²) in [5.41, 5.74) is 0.819. The van der Waals surface area contributed by atoms with E-state index in [9.17, 15) is 22.4 Å².